The normalized spacial score (nSPS) is 27.1. The van der Waals surface area contributed by atoms with Crippen LogP contribution in [0.1, 0.15) is 58.6 Å². The maximum absolute atomic E-state index is 2.48. The molecule has 0 fully saturated rings. The Morgan fingerprint density at radius 2 is 1.29 bits per heavy atom. The van der Waals surface area contributed by atoms with Gasteiger partial charge in [0.05, 0.1) is 0 Å². The monoisotopic (exact) mass is 339 g/mol. The van der Waals surface area contributed by atoms with Crippen LogP contribution < -0.4 is 0 Å². The highest BCUT2D eigenvalue weighted by Crippen LogP contribution is 2.62. The molecule has 0 aliphatic carbocycles. The smallest absolute Gasteiger partial charge is 0.0622 e. The van der Waals surface area contributed by atoms with E-state index in [-0.39, 0.29) is 26.5 Å². The Morgan fingerprint density at radius 3 is 1.92 bits per heavy atom. The lowest BCUT2D eigenvalue weighted by Crippen LogP contribution is -2.53. The molecule has 0 nitrogen and oxygen atoms in total. The number of fused-ring (bicyclic) bond motifs is 1. The highest BCUT2D eigenvalue weighted by molar-refractivity contribution is 7.97. The van der Waals surface area contributed by atoms with Crippen LogP contribution in [0, 0.1) is 10.8 Å². The van der Waals surface area contributed by atoms with Crippen molar-refractivity contribution in [3.63, 3.8) is 0 Å². The van der Waals surface area contributed by atoms with Crippen molar-refractivity contribution >= 4 is 10.9 Å². The van der Waals surface area contributed by atoms with E-state index in [1.807, 2.05) is 0 Å². The quantitative estimate of drug-likeness (QED) is 0.537. The second-order valence-corrected chi connectivity index (χ2v) is 11.2. The minimum absolute atomic E-state index is 0.145. The molecule has 0 radical (unpaired) electrons. The van der Waals surface area contributed by atoms with E-state index in [0.717, 1.165) is 0 Å². The summed E-state index contributed by atoms with van der Waals surface area (Å²) in [5.74, 6) is 0.418. The van der Waals surface area contributed by atoms with E-state index in [0.29, 0.717) is 5.92 Å². The molecule has 2 aromatic rings. The first kappa shape index (κ1) is 17.6. The largest absolute Gasteiger partial charge is 0.158 e. The van der Waals surface area contributed by atoms with Crippen LogP contribution >= 0.6 is 0 Å². The van der Waals surface area contributed by atoms with Crippen LogP contribution in [0.5, 0.6) is 0 Å². The Hall–Kier alpha value is -1.21. The van der Waals surface area contributed by atoms with Crippen LogP contribution in [-0.4, -0.2) is 11.0 Å². The summed E-state index contributed by atoms with van der Waals surface area (Å²) < 4.78 is 0.232. The van der Waals surface area contributed by atoms with Crippen LogP contribution in [-0.2, 0) is 10.9 Å². The molecule has 3 rings (SSSR count). The molecule has 1 heterocycles. The van der Waals surface area contributed by atoms with E-state index < -0.39 is 0 Å². The lowest BCUT2D eigenvalue weighted by Gasteiger charge is -2.51. The zero-order valence-corrected chi connectivity index (χ0v) is 17.0. The molecule has 1 heteroatoms. The van der Waals surface area contributed by atoms with Crippen molar-refractivity contribution in [1.29, 1.82) is 0 Å². The van der Waals surface area contributed by atoms with Gasteiger partial charge < -0.3 is 0 Å². The summed E-state index contributed by atoms with van der Waals surface area (Å²) in [6, 6.07) is 20.3. The van der Waals surface area contributed by atoms with Crippen molar-refractivity contribution in [2.24, 2.45) is 10.8 Å². The molecule has 0 amide bonds. The second kappa shape index (κ2) is 5.66. The van der Waals surface area contributed by atoms with Gasteiger partial charge in [-0.25, -0.2) is 0 Å². The first-order valence-electron chi connectivity index (χ1n) is 8.92. The molecule has 0 bridgehead atoms. The molecule has 0 saturated heterocycles. The summed E-state index contributed by atoms with van der Waals surface area (Å²) >= 11 is 0. The maximum atomic E-state index is 2.48. The number of benzene rings is 2. The fraction of sp³-hybridized carbons (Fsp3) is 0.478. The van der Waals surface area contributed by atoms with Gasteiger partial charge in [0, 0.05) is 27.8 Å². The van der Waals surface area contributed by atoms with E-state index in [1.165, 1.54) is 11.1 Å². The van der Waals surface area contributed by atoms with Gasteiger partial charge in [0.2, 0.25) is 0 Å². The molecule has 0 aromatic heterocycles. The summed E-state index contributed by atoms with van der Waals surface area (Å²) in [6.45, 7) is 14.9. The molecule has 128 valence electrons. The Balaban J connectivity index is 2.37. The minimum atomic E-state index is 0.145. The lowest BCUT2D eigenvalue weighted by molar-refractivity contribution is 0.0585. The number of rotatable bonds is 1. The molecule has 0 spiro atoms. The summed E-state index contributed by atoms with van der Waals surface area (Å²) in [4.78, 5) is 1.55. The number of hydrogen-bond acceptors (Lipinski definition) is 0. The fourth-order valence-corrected chi connectivity index (χ4v) is 6.82. The van der Waals surface area contributed by atoms with Crippen LogP contribution in [0.4, 0.5) is 0 Å². The standard InChI is InChI=1S/C23H31S/c1-21(2)20(17-13-9-8-10-14-17)18-15-11-12-16-19(18)24(7)23(5,6)22(21,3)4/h8-16,20H,1-7H3/q+1. The van der Waals surface area contributed by atoms with Gasteiger partial charge in [-0.05, 0) is 30.9 Å². The van der Waals surface area contributed by atoms with E-state index in [9.17, 15) is 0 Å². The molecule has 0 saturated carbocycles. The summed E-state index contributed by atoms with van der Waals surface area (Å²) in [5.41, 5.74) is 3.30. The Kier molecular flexibility index (Phi) is 4.15. The Labute approximate surface area is 151 Å². The molecule has 2 aromatic carbocycles. The van der Waals surface area contributed by atoms with E-state index in [4.69, 9.17) is 0 Å². The highest BCUT2D eigenvalue weighted by Gasteiger charge is 2.62. The van der Waals surface area contributed by atoms with Crippen LogP contribution in [0.2, 0.25) is 0 Å². The van der Waals surface area contributed by atoms with E-state index in [2.05, 4.69) is 102 Å². The molecular weight excluding hydrogens is 308 g/mol. The van der Waals surface area contributed by atoms with Crippen LogP contribution in [0.25, 0.3) is 0 Å². The maximum Gasteiger partial charge on any atom is 0.158 e. The van der Waals surface area contributed by atoms with Gasteiger partial charge in [-0.3, -0.25) is 0 Å². The number of hydrogen-bond donors (Lipinski definition) is 0. The van der Waals surface area contributed by atoms with Crippen LogP contribution in [0.3, 0.4) is 0 Å². The predicted molar refractivity (Wildman–Crippen MR) is 108 cm³/mol. The van der Waals surface area contributed by atoms with Crippen molar-refractivity contribution in [3.05, 3.63) is 65.7 Å². The van der Waals surface area contributed by atoms with E-state index >= 15 is 0 Å². The van der Waals surface area contributed by atoms with Crippen LogP contribution in [0.15, 0.2) is 59.5 Å². The second-order valence-electron chi connectivity index (χ2n) is 8.75. The third-order valence-electron chi connectivity index (χ3n) is 7.30. The molecule has 24 heavy (non-hydrogen) atoms. The zero-order valence-electron chi connectivity index (χ0n) is 16.2. The SMILES string of the molecule is C[S+]1c2ccccc2C(c2ccccc2)C(C)(C)C(C)(C)C1(C)C. The van der Waals surface area contributed by atoms with Gasteiger partial charge in [0.1, 0.15) is 11.0 Å². The third kappa shape index (κ3) is 2.28. The Morgan fingerprint density at radius 1 is 0.750 bits per heavy atom. The van der Waals surface area contributed by atoms with Crippen molar-refractivity contribution < 1.29 is 0 Å². The summed E-state index contributed by atoms with van der Waals surface area (Å²) in [7, 11) is 0.197. The first-order chi connectivity index (χ1) is 11.1. The summed E-state index contributed by atoms with van der Waals surface area (Å²) in [5, 5.41) is 0. The van der Waals surface area contributed by atoms with Gasteiger partial charge in [0.25, 0.3) is 0 Å². The van der Waals surface area contributed by atoms with Crippen molar-refractivity contribution in [2.45, 2.75) is 57.1 Å². The van der Waals surface area contributed by atoms with Crippen molar-refractivity contribution in [2.75, 3.05) is 6.26 Å². The molecule has 0 N–H and O–H groups in total. The third-order valence-corrected chi connectivity index (χ3v) is 10.4. The van der Waals surface area contributed by atoms with Gasteiger partial charge in [-0.2, -0.15) is 0 Å². The average molecular weight is 340 g/mol. The molecule has 1 aliphatic rings. The molecular formula is C23H31S+. The molecule has 2 unspecified atom stereocenters. The molecule has 2 atom stereocenters. The highest BCUT2D eigenvalue weighted by atomic mass is 32.2. The minimum Gasteiger partial charge on any atom is -0.0622 e. The van der Waals surface area contributed by atoms with Crippen molar-refractivity contribution in [1.82, 2.24) is 0 Å². The fourth-order valence-electron chi connectivity index (χ4n) is 4.42. The molecule has 1 aliphatic heterocycles. The Bertz CT molecular complexity index is 725. The summed E-state index contributed by atoms with van der Waals surface area (Å²) in [6.07, 6.45) is 2.45. The lowest BCUT2D eigenvalue weighted by atomic mass is 9.54. The van der Waals surface area contributed by atoms with Gasteiger partial charge in [-0.15, -0.1) is 0 Å². The topological polar surface area (TPSA) is 0 Å². The van der Waals surface area contributed by atoms with E-state index in [1.54, 1.807) is 4.90 Å². The average Bonchev–Trinajstić information content (AvgIpc) is 2.57. The van der Waals surface area contributed by atoms with Crippen molar-refractivity contribution in [3.8, 4) is 0 Å². The van der Waals surface area contributed by atoms with Gasteiger partial charge >= 0.3 is 0 Å². The predicted octanol–water partition coefficient (Wildman–Crippen LogP) is 6.27. The van der Waals surface area contributed by atoms with Gasteiger partial charge in [-0.1, -0.05) is 76.2 Å². The van der Waals surface area contributed by atoms with Gasteiger partial charge in [0.15, 0.2) is 4.90 Å². The zero-order chi connectivity index (χ0) is 17.8. The first-order valence-corrected chi connectivity index (χ1v) is 10.6.